The summed E-state index contributed by atoms with van der Waals surface area (Å²) in [6.45, 7) is 1.82. The molecule has 0 aromatic carbocycles. The highest BCUT2D eigenvalue weighted by molar-refractivity contribution is 5.64. The van der Waals surface area contributed by atoms with E-state index in [1.165, 1.54) is 0 Å². The van der Waals surface area contributed by atoms with E-state index < -0.39 is 0 Å². The van der Waals surface area contributed by atoms with E-state index in [1.807, 2.05) is 25.1 Å². The van der Waals surface area contributed by atoms with Crippen LogP contribution in [0.15, 0.2) is 33.1 Å². The van der Waals surface area contributed by atoms with Gasteiger partial charge in [0.2, 0.25) is 0 Å². The van der Waals surface area contributed by atoms with Crippen molar-refractivity contribution in [2.45, 2.75) is 13.5 Å². The minimum absolute atomic E-state index is 0.0757. The Morgan fingerprint density at radius 1 is 1.07 bits per heavy atom. The molecule has 0 fully saturated rings. The zero-order chi connectivity index (χ0) is 10.7. The zero-order valence-electron chi connectivity index (χ0n) is 8.43. The van der Waals surface area contributed by atoms with Crippen molar-refractivity contribution >= 4 is 12.2 Å². The van der Waals surface area contributed by atoms with Crippen LogP contribution < -0.4 is 0 Å². The standard InChI is InChI=1S/C12H12O3/c1-9-2-3-10(14-9)4-5-11-6-7-12(8-13)15-11/h2-7,13H,8H2,1H3. The van der Waals surface area contributed by atoms with Gasteiger partial charge < -0.3 is 13.9 Å². The Balaban J connectivity index is 2.11. The maximum Gasteiger partial charge on any atom is 0.130 e. The molecule has 0 saturated heterocycles. The van der Waals surface area contributed by atoms with Crippen LogP contribution in [0.1, 0.15) is 23.0 Å². The highest BCUT2D eigenvalue weighted by Crippen LogP contribution is 2.13. The van der Waals surface area contributed by atoms with Gasteiger partial charge in [-0.15, -0.1) is 0 Å². The first kappa shape index (κ1) is 9.80. The Labute approximate surface area is 87.6 Å². The highest BCUT2D eigenvalue weighted by atomic mass is 16.4. The molecular weight excluding hydrogens is 192 g/mol. The largest absolute Gasteiger partial charge is 0.462 e. The third-order valence-electron chi connectivity index (χ3n) is 2.01. The van der Waals surface area contributed by atoms with Gasteiger partial charge in [-0.3, -0.25) is 0 Å². The lowest BCUT2D eigenvalue weighted by atomic mass is 10.3. The van der Waals surface area contributed by atoms with E-state index in [1.54, 1.807) is 18.2 Å². The lowest BCUT2D eigenvalue weighted by Gasteiger charge is -1.87. The number of furan rings is 2. The van der Waals surface area contributed by atoms with Gasteiger partial charge in [-0.2, -0.15) is 0 Å². The average molecular weight is 204 g/mol. The van der Waals surface area contributed by atoms with Gasteiger partial charge in [0.05, 0.1) is 0 Å². The van der Waals surface area contributed by atoms with E-state index in [9.17, 15) is 0 Å². The third kappa shape index (κ3) is 2.39. The average Bonchev–Trinajstić information content (AvgIpc) is 2.83. The summed E-state index contributed by atoms with van der Waals surface area (Å²) < 4.78 is 10.6. The Bertz CT molecular complexity index is 463. The van der Waals surface area contributed by atoms with Crippen LogP contribution in [0.25, 0.3) is 12.2 Å². The Kier molecular flexibility index (Phi) is 2.74. The SMILES string of the molecule is Cc1ccc(C=Cc2ccc(CO)o2)o1. The smallest absolute Gasteiger partial charge is 0.130 e. The van der Waals surface area contributed by atoms with Crippen LogP contribution in [0.3, 0.4) is 0 Å². The molecule has 0 unspecified atom stereocenters. The summed E-state index contributed by atoms with van der Waals surface area (Å²) in [5.41, 5.74) is 0. The number of aliphatic hydroxyl groups excluding tert-OH is 1. The number of aryl methyl sites for hydroxylation is 1. The van der Waals surface area contributed by atoms with E-state index in [-0.39, 0.29) is 6.61 Å². The molecule has 2 aromatic heterocycles. The van der Waals surface area contributed by atoms with Crippen LogP contribution in [0.4, 0.5) is 0 Å². The van der Waals surface area contributed by atoms with Crippen molar-refractivity contribution < 1.29 is 13.9 Å². The second-order valence-electron chi connectivity index (χ2n) is 3.24. The molecule has 2 heterocycles. The summed E-state index contributed by atoms with van der Waals surface area (Å²) in [7, 11) is 0. The summed E-state index contributed by atoms with van der Waals surface area (Å²) >= 11 is 0. The van der Waals surface area contributed by atoms with E-state index in [4.69, 9.17) is 13.9 Å². The number of hydrogen-bond donors (Lipinski definition) is 1. The van der Waals surface area contributed by atoms with Crippen molar-refractivity contribution in [3.05, 3.63) is 47.3 Å². The molecule has 78 valence electrons. The molecular formula is C12H12O3. The Morgan fingerprint density at radius 3 is 2.27 bits per heavy atom. The fourth-order valence-corrected chi connectivity index (χ4v) is 1.28. The maximum absolute atomic E-state index is 8.80. The van der Waals surface area contributed by atoms with Crippen LogP contribution in [-0.2, 0) is 6.61 Å². The minimum Gasteiger partial charge on any atom is -0.462 e. The number of hydrogen-bond acceptors (Lipinski definition) is 3. The fraction of sp³-hybridized carbons (Fsp3) is 0.167. The molecule has 2 aromatic rings. The maximum atomic E-state index is 8.80. The van der Waals surface area contributed by atoms with Crippen molar-refractivity contribution in [2.24, 2.45) is 0 Å². The van der Waals surface area contributed by atoms with Gasteiger partial charge >= 0.3 is 0 Å². The molecule has 0 aliphatic carbocycles. The first-order chi connectivity index (χ1) is 7.28. The molecule has 0 amide bonds. The summed E-state index contributed by atoms with van der Waals surface area (Å²) in [6, 6.07) is 7.34. The van der Waals surface area contributed by atoms with Gasteiger partial charge in [0.25, 0.3) is 0 Å². The van der Waals surface area contributed by atoms with Crippen LogP contribution in [0.2, 0.25) is 0 Å². The van der Waals surface area contributed by atoms with Crippen LogP contribution in [-0.4, -0.2) is 5.11 Å². The van der Waals surface area contributed by atoms with Gasteiger partial charge in [-0.1, -0.05) is 0 Å². The van der Waals surface area contributed by atoms with Crippen LogP contribution in [0, 0.1) is 6.92 Å². The zero-order valence-corrected chi connectivity index (χ0v) is 8.43. The second-order valence-corrected chi connectivity index (χ2v) is 3.24. The lowest BCUT2D eigenvalue weighted by molar-refractivity contribution is 0.246. The van der Waals surface area contributed by atoms with E-state index in [2.05, 4.69) is 0 Å². The molecule has 3 nitrogen and oxygen atoms in total. The quantitative estimate of drug-likeness (QED) is 0.836. The molecule has 0 saturated carbocycles. The molecule has 0 aliphatic rings. The topological polar surface area (TPSA) is 46.5 Å². The van der Waals surface area contributed by atoms with Gasteiger partial charge in [0, 0.05) is 0 Å². The molecule has 0 bridgehead atoms. The fourth-order valence-electron chi connectivity index (χ4n) is 1.28. The second kappa shape index (κ2) is 4.19. The Hall–Kier alpha value is -1.74. The van der Waals surface area contributed by atoms with Gasteiger partial charge in [-0.05, 0) is 43.3 Å². The van der Waals surface area contributed by atoms with E-state index >= 15 is 0 Å². The summed E-state index contributed by atoms with van der Waals surface area (Å²) in [6.07, 6.45) is 3.63. The summed E-state index contributed by atoms with van der Waals surface area (Å²) in [5, 5.41) is 8.80. The highest BCUT2D eigenvalue weighted by Gasteiger charge is 1.97. The first-order valence-electron chi connectivity index (χ1n) is 4.72. The van der Waals surface area contributed by atoms with Crippen LogP contribution in [0.5, 0.6) is 0 Å². The van der Waals surface area contributed by atoms with Gasteiger partial charge in [0.1, 0.15) is 29.6 Å². The number of rotatable bonds is 3. The summed E-state index contributed by atoms with van der Waals surface area (Å²) in [5.74, 6) is 2.93. The van der Waals surface area contributed by atoms with Crippen molar-refractivity contribution in [2.75, 3.05) is 0 Å². The van der Waals surface area contributed by atoms with Gasteiger partial charge in [-0.25, -0.2) is 0 Å². The first-order valence-corrected chi connectivity index (χ1v) is 4.72. The molecule has 0 spiro atoms. The van der Waals surface area contributed by atoms with Crippen LogP contribution >= 0.6 is 0 Å². The Morgan fingerprint density at radius 2 is 1.73 bits per heavy atom. The molecule has 2 rings (SSSR count). The van der Waals surface area contributed by atoms with Gasteiger partial charge in [0.15, 0.2) is 0 Å². The molecule has 1 N–H and O–H groups in total. The van der Waals surface area contributed by atoms with E-state index in [0.29, 0.717) is 11.5 Å². The van der Waals surface area contributed by atoms with E-state index in [0.717, 1.165) is 11.5 Å². The lowest BCUT2D eigenvalue weighted by Crippen LogP contribution is -1.73. The molecule has 15 heavy (non-hydrogen) atoms. The molecule has 0 aliphatic heterocycles. The molecule has 0 radical (unpaired) electrons. The minimum atomic E-state index is -0.0757. The molecule has 3 heteroatoms. The van der Waals surface area contributed by atoms with Crippen molar-refractivity contribution in [1.82, 2.24) is 0 Å². The van der Waals surface area contributed by atoms with Crippen molar-refractivity contribution in [3.63, 3.8) is 0 Å². The third-order valence-corrected chi connectivity index (χ3v) is 2.01. The monoisotopic (exact) mass is 204 g/mol. The summed E-state index contributed by atoms with van der Waals surface area (Å²) in [4.78, 5) is 0. The predicted octanol–water partition coefficient (Wildman–Crippen LogP) is 2.84. The number of aliphatic hydroxyl groups is 1. The normalized spacial score (nSPS) is 11.3. The van der Waals surface area contributed by atoms with Crippen molar-refractivity contribution in [1.29, 1.82) is 0 Å². The van der Waals surface area contributed by atoms with Crippen molar-refractivity contribution in [3.8, 4) is 0 Å². The molecule has 0 atom stereocenters. The predicted molar refractivity (Wildman–Crippen MR) is 57.0 cm³/mol.